The van der Waals surface area contributed by atoms with Gasteiger partial charge in [-0.25, -0.2) is 4.79 Å². The monoisotopic (exact) mass is 236 g/mol. The molecule has 1 aliphatic heterocycles. The van der Waals surface area contributed by atoms with E-state index in [0.29, 0.717) is 12.0 Å². The van der Waals surface area contributed by atoms with E-state index in [4.69, 9.17) is 4.74 Å². The zero-order chi connectivity index (χ0) is 12.6. The van der Waals surface area contributed by atoms with E-state index < -0.39 is 5.60 Å². The van der Waals surface area contributed by atoms with Crippen molar-refractivity contribution in [2.24, 2.45) is 0 Å². The highest BCUT2D eigenvalue weighted by atomic mass is 16.5. The van der Waals surface area contributed by atoms with Gasteiger partial charge in [-0.2, -0.15) is 0 Å². The first-order valence-electron chi connectivity index (χ1n) is 5.52. The van der Waals surface area contributed by atoms with Gasteiger partial charge < -0.3 is 14.6 Å². The zero-order valence-electron chi connectivity index (χ0n) is 10.2. The van der Waals surface area contributed by atoms with E-state index in [2.05, 4.69) is 4.74 Å². The summed E-state index contributed by atoms with van der Waals surface area (Å²) in [6.45, 7) is 3.43. The summed E-state index contributed by atoms with van der Waals surface area (Å²) in [6, 6.07) is 5.16. The number of methoxy groups -OCH3 is 1. The Morgan fingerprint density at radius 2 is 2.24 bits per heavy atom. The van der Waals surface area contributed by atoms with E-state index in [1.165, 1.54) is 7.11 Å². The van der Waals surface area contributed by atoms with Crippen LogP contribution in [0.2, 0.25) is 0 Å². The summed E-state index contributed by atoms with van der Waals surface area (Å²) in [7, 11) is 1.35. The Kier molecular flexibility index (Phi) is 2.83. The summed E-state index contributed by atoms with van der Waals surface area (Å²) < 4.78 is 10.3. The Labute approximate surface area is 100 Å². The fourth-order valence-electron chi connectivity index (χ4n) is 1.89. The van der Waals surface area contributed by atoms with Crippen LogP contribution >= 0.6 is 0 Å². The van der Waals surface area contributed by atoms with Crippen LogP contribution in [-0.2, 0) is 11.2 Å². The maximum Gasteiger partial charge on any atom is 0.337 e. The van der Waals surface area contributed by atoms with E-state index in [9.17, 15) is 9.90 Å². The van der Waals surface area contributed by atoms with Crippen LogP contribution in [0.3, 0.4) is 0 Å². The minimum atomic E-state index is -0.898. The molecule has 1 aromatic rings. The molecule has 0 unspecified atom stereocenters. The smallest absolute Gasteiger partial charge is 0.337 e. The van der Waals surface area contributed by atoms with Crippen LogP contribution in [-0.4, -0.2) is 29.9 Å². The average molecular weight is 236 g/mol. The van der Waals surface area contributed by atoms with Crippen molar-refractivity contribution in [2.45, 2.75) is 32.0 Å². The van der Waals surface area contributed by atoms with E-state index in [1.807, 2.05) is 0 Å². The molecule has 0 amide bonds. The fourth-order valence-corrected chi connectivity index (χ4v) is 1.89. The molecule has 92 valence electrons. The molecule has 0 saturated heterocycles. The molecule has 4 nitrogen and oxygen atoms in total. The number of fused-ring (bicyclic) bond motifs is 1. The van der Waals surface area contributed by atoms with Gasteiger partial charge in [-0.3, -0.25) is 0 Å². The Morgan fingerprint density at radius 1 is 1.53 bits per heavy atom. The molecule has 0 bridgehead atoms. The molecule has 0 aromatic heterocycles. The Morgan fingerprint density at radius 3 is 2.82 bits per heavy atom. The van der Waals surface area contributed by atoms with E-state index in [1.54, 1.807) is 32.0 Å². The van der Waals surface area contributed by atoms with Crippen molar-refractivity contribution in [1.82, 2.24) is 0 Å². The van der Waals surface area contributed by atoms with Gasteiger partial charge in [0.15, 0.2) is 0 Å². The van der Waals surface area contributed by atoms with Gasteiger partial charge in [0, 0.05) is 6.42 Å². The van der Waals surface area contributed by atoms with Gasteiger partial charge in [-0.1, -0.05) is 0 Å². The molecule has 1 aliphatic rings. The highest BCUT2D eigenvalue weighted by Crippen LogP contribution is 2.33. The Balaban J connectivity index is 2.25. The number of aliphatic hydroxyl groups is 1. The molecule has 1 aromatic carbocycles. The summed E-state index contributed by atoms with van der Waals surface area (Å²) in [4.78, 5) is 11.4. The van der Waals surface area contributed by atoms with Crippen LogP contribution in [0, 0.1) is 0 Å². The third-order valence-corrected chi connectivity index (χ3v) is 2.94. The van der Waals surface area contributed by atoms with Gasteiger partial charge in [0.05, 0.1) is 18.3 Å². The number of hydrogen-bond donors (Lipinski definition) is 1. The number of carbonyl (C=O) groups excluding carboxylic acids is 1. The van der Waals surface area contributed by atoms with Crippen LogP contribution in [0.15, 0.2) is 18.2 Å². The summed E-state index contributed by atoms with van der Waals surface area (Å²) in [6.07, 6.45) is 0.328. The quantitative estimate of drug-likeness (QED) is 0.791. The number of esters is 1. The maximum atomic E-state index is 11.4. The van der Waals surface area contributed by atoms with Gasteiger partial charge in [0.2, 0.25) is 0 Å². The molecule has 1 N–H and O–H groups in total. The molecule has 0 fully saturated rings. The van der Waals surface area contributed by atoms with Crippen LogP contribution in [0.25, 0.3) is 0 Å². The minimum absolute atomic E-state index is 0.273. The van der Waals surface area contributed by atoms with Gasteiger partial charge >= 0.3 is 5.97 Å². The molecule has 0 saturated carbocycles. The number of benzene rings is 1. The Bertz CT molecular complexity index is 445. The van der Waals surface area contributed by atoms with Crippen molar-refractivity contribution in [1.29, 1.82) is 0 Å². The molecule has 2 rings (SSSR count). The first-order chi connectivity index (χ1) is 7.91. The summed E-state index contributed by atoms with van der Waals surface area (Å²) in [5, 5.41) is 9.90. The minimum Gasteiger partial charge on any atom is -0.487 e. The molecular formula is C13H16O4. The first-order valence-corrected chi connectivity index (χ1v) is 5.52. The van der Waals surface area contributed by atoms with Crippen molar-refractivity contribution in [3.63, 3.8) is 0 Å². The van der Waals surface area contributed by atoms with Crippen LogP contribution < -0.4 is 4.74 Å². The highest BCUT2D eigenvalue weighted by Gasteiger charge is 2.34. The van der Waals surface area contributed by atoms with Gasteiger partial charge in [0.1, 0.15) is 11.9 Å². The normalized spacial score (nSPS) is 18.5. The van der Waals surface area contributed by atoms with Crippen molar-refractivity contribution in [3.8, 4) is 5.75 Å². The zero-order valence-corrected chi connectivity index (χ0v) is 10.2. The fraction of sp³-hybridized carbons (Fsp3) is 0.462. The Hall–Kier alpha value is -1.55. The molecule has 1 heterocycles. The third kappa shape index (κ3) is 2.26. The van der Waals surface area contributed by atoms with Crippen molar-refractivity contribution >= 4 is 5.97 Å². The SMILES string of the molecule is COC(=O)c1ccc2c(c1)C[C@H](C(C)(C)O)O2. The van der Waals surface area contributed by atoms with E-state index >= 15 is 0 Å². The predicted octanol–water partition coefficient (Wildman–Crippen LogP) is 1.55. The van der Waals surface area contributed by atoms with E-state index in [-0.39, 0.29) is 12.1 Å². The van der Waals surface area contributed by atoms with Crippen LogP contribution in [0.1, 0.15) is 29.8 Å². The van der Waals surface area contributed by atoms with Crippen molar-refractivity contribution in [2.75, 3.05) is 7.11 Å². The number of rotatable bonds is 2. The third-order valence-electron chi connectivity index (χ3n) is 2.94. The number of carbonyl (C=O) groups is 1. The first kappa shape index (κ1) is 11.9. The second kappa shape index (κ2) is 4.04. The van der Waals surface area contributed by atoms with Gasteiger partial charge in [0.25, 0.3) is 0 Å². The molecule has 4 heteroatoms. The average Bonchev–Trinajstić information content (AvgIpc) is 2.70. The number of hydrogen-bond acceptors (Lipinski definition) is 4. The molecule has 17 heavy (non-hydrogen) atoms. The summed E-state index contributed by atoms with van der Waals surface area (Å²) in [5.41, 5.74) is 0.538. The second-order valence-electron chi connectivity index (χ2n) is 4.78. The topological polar surface area (TPSA) is 55.8 Å². The molecule has 0 aliphatic carbocycles. The van der Waals surface area contributed by atoms with Gasteiger partial charge in [-0.15, -0.1) is 0 Å². The highest BCUT2D eigenvalue weighted by molar-refractivity contribution is 5.89. The van der Waals surface area contributed by atoms with E-state index in [0.717, 1.165) is 11.3 Å². The van der Waals surface area contributed by atoms with Crippen molar-refractivity contribution in [3.05, 3.63) is 29.3 Å². The largest absolute Gasteiger partial charge is 0.487 e. The molecule has 0 spiro atoms. The van der Waals surface area contributed by atoms with Crippen molar-refractivity contribution < 1.29 is 19.4 Å². The van der Waals surface area contributed by atoms with Gasteiger partial charge in [-0.05, 0) is 37.6 Å². The lowest BCUT2D eigenvalue weighted by Crippen LogP contribution is -2.39. The predicted molar refractivity (Wildman–Crippen MR) is 62.2 cm³/mol. The molecular weight excluding hydrogens is 220 g/mol. The second-order valence-corrected chi connectivity index (χ2v) is 4.78. The lowest BCUT2D eigenvalue weighted by molar-refractivity contribution is -0.0229. The summed E-state index contributed by atoms with van der Waals surface area (Å²) >= 11 is 0. The maximum absolute atomic E-state index is 11.4. The van der Waals surface area contributed by atoms with Crippen LogP contribution in [0.4, 0.5) is 0 Å². The lowest BCUT2D eigenvalue weighted by atomic mass is 9.97. The summed E-state index contributed by atoms with van der Waals surface area (Å²) in [5.74, 6) is 0.365. The molecule has 0 radical (unpaired) electrons. The standard InChI is InChI=1S/C13H16O4/c1-13(2,15)11-7-9-6-8(12(14)16-3)4-5-10(9)17-11/h4-6,11,15H,7H2,1-3H3/t11-/m1/s1. The molecule has 1 atom stereocenters. The van der Waals surface area contributed by atoms with Crippen LogP contribution in [0.5, 0.6) is 5.75 Å². The number of ether oxygens (including phenoxy) is 2. The lowest BCUT2D eigenvalue weighted by Gasteiger charge is -2.24.